The smallest absolute Gasteiger partial charge is 0.341 e. The van der Waals surface area contributed by atoms with Crippen molar-refractivity contribution < 1.29 is 30.0 Å². The Hall–Kier alpha value is -2.31. The Bertz CT molecular complexity index is 428. The molecule has 0 aliphatic carbocycles. The van der Waals surface area contributed by atoms with Crippen molar-refractivity contribution in [2.24, 2.45) is 0 Å². The van der Waals surface area contributed by atoms with Crippen LogP contribution in [-0.2, 0) is 0 Å². The second kappa shape index (κ2) is 3.45. The summed E-state index contributed by atoms with van der Waals surface area (Å²) in [5, 5.41) is 36.3. The van der Waals surface area contributed by atoms with Crippen molar-refractivity contribution in [1.29, 1.82) is 0 Å². The first-order valence-corrected chi connectivity index (χ1v) is 3.75. The summed E-state index contributed by atoms with van der Waals surface area (Å²) in [6.07, 6.45) is 0. The van der Waals surface area contributed by atoms with E-state index in [9.17, 15) is 20.1 Å². The molecule has 1 rings (SSSR count). The van der Waals surface area contributed by atoms with Gasteiger partial charge in [-0.15, -0.1) is 0 Å². The van der Waals surface area contributed by atoms with Crippen molar-refractivity contribution in [2.75, 3.05) is 12.8 Å². The number of aromatic carboxylic acids is 1. The van der Waals surface area contributed by atoms with Gasteiger partial charge in [-0.1, -0.05) is 0 Å². The number of benzene rings is 1. The van der Waals surface area contributed by atoms with E-state index in [0.29, 0.717) is 0 Å². The summed E-state index contributed by atoms with van der Waals surface area (Å²) in [4.78, 5) is 10.7. The number of carboxylic acid groups (broad SMARTS) is 1. The Balaban J connectivity index is 3.68. The number of aromatic hydroxyl groups is 3. The second-order valence-electron chi connectivity index (χ2n) is 2.67. The summed E-state index contributed by atoms with van der Waals surface area (Å²) in [5.41, 5.74) is 4.15. The molecule has 1 aromatic rings. The summed E-state index contributed by atoms with van der Waals surface area (Å²) in [7, 11) is 1.13. The Morgan fingerprint density at radius 2 is 1.73 bits per heavy atom. The third-order valence-electron chi connectivity index (χ3n) is 1.83. The van der Waals surface area contributed by atoms with Gasteiger partial charge in [0.15, 0.2) is 11.5 Å². The van der Waals surface area contributed by atoms with E-state index in [-0.39, 0.29) is 0 Å². The number of ether oxygens (including phenoxy) is 1. The molecule has 0 aliphatic rings. The molecule has 0 amide bonds. The number of rotatable bonds is 2. The number of anilines is 1. The van der Waals surface area contributed by atoms with Gasteiger partial charge in [0.05, 0.1) is 12.8 Å². The lowest BCUT2D eigenvalue weighted by Crippen LogP contribution is -2.05. The average molecular weight is 215 g/mol. The van der Waals surface area contributed by atoms with E-state index in [2.05, 4.69) is 4.74 Å². The van der Waals surface area contributed by atoms with Crippen molar-refractivity contribution in [1.82, 2.24) is 0 Å². The molecule has 7 nitrogen and oxygen atoms in total. The Kier molecular flexibility index (Phi) is 2.47. The monoisotopic (exact) mass is 215 g/mol. The van der Waals surface area contributed by atoms with E-state index in [1.54, 1.807) is 0 Å². The van der Waals surface area contributed by atoms with Gasteiger partial charge in [0.2, 0.25) is 11.5 Å². The van der Waals surface area contributed by atoms with E-state index in [4.69, 9.17) is 10.8 Å². The van der Waals surface area contributed by atoms with E-state index >= 15 is 0 Å². The van der Waals surface area contributed by atoms with Crippen LogP contribution in [0.15, 0.2) is 0 Å². The first-order valence-electron chi connectivity index (χ1n) is 3.75. The highest BCUT2D eigenvalue weighted by atomic mass is 16.5. The first kappa shape index (κ1) is 10.8. The summed E-state index contributed by atoms with van der Waals surface area (Å²) in [6.45, 7) is 0. The molecule has 0 saturated heterocycles. The number of hydrogen-bond donors (Lipinski definition) is 5. The number of phenols is 3. The second-order valence-corrected chi connectivity index (χ2v) is 2.67. The minimum Gasteiger partial charge on any atom is -0.504 e. The van der Waals surface area contributed by atoms with Gasteiger partial charge >= 0.3 is 5.97 Å². The van der Waals surface area contributed by atoms with Crippen molar-refractivity contribution >= 4 is 11.7 Å². The van der Waals surface area contributed by atoms with Crippen LogP contribution in [0.3, 0.4) is 0 Å². The van der Waals surface area contributed by atoms with Crippen LogP contribution >= 0.6 is 0 Å². The lowest BCUT2D eigenvalue weighted by molar-refractivity contribution is 0.0693. The van der Waals surface area contributed by atoms with Crippen LogP contribution < -0.4 is 10.5 Å². The van der Waals surface area contributed by atoms with Gasteiger partial charge in [-0.2, -0.15) is 0 Å². The molecule has 0 aliphatic heterocycles. The van der Waals surface area contributed by atoms with Crippen LogP contribution in [0, 0.1) is 0 Å². The predicted molar refractivity (Wildman–Crippen MR) is 49.4 cm³/mol. The molecule has 0 saturated carbocycles. The minimum atomic E-state index is -1.54. The quantitative estimate of drug-likeness (QED) is 0.268. The van der Waals surface area contributed by atoms with Crippen molar-refractivity contribution in [3.05, 3.63) is 5.56 Å². The number of hydrogen-bond acceptors (Lipinski definition) is 6. The van der Waals surface area contributed by atoms with Crippen molar-refractivity contribution in [2.45, 2.75) is 0 Å². The van der Waals surface area contributed by atoms with E-state index in [1.807, 2.05) is 0 Å². The minimum absolute atomic E-state index is 0.400. The maximum absolute atomic E-state index is 10.7. The molecule has 15 heavy (non-hydrogen) atoms. The van der Waals surface area contributed by atoms with Gasteiger partial charge in [0.1, 0.15) is 5.56 Å². The molecule has 0 aromatic heterocycles. The predicted octanol–water partition coefficient (Wildman–Crippen LogP) is 0.0924. The van der Waals surface area contributed by atoms with Gasteiger partial charge in [0, 0.05) is 0 Å². The van der Waals surface area contributed by atoms with Crippen molar-refractivity contribution in [3.8, 4) is 23.0 Å². The van der Waals surface area contributed by atoms with Crippen LogP contribution in [0.25, 0.3) is 0 Å². The summed E-state index contributed by atoms with van der Waals surface area (Å²) in [5.74, 6) is -4.74. The van der Waals surface area contributed by atoms with Crippen LogP contribution in [0.5, 0.6) is 23.0 Å². The number of methoxy groups -OCH3 is 1. The van der Waals surface area contributed by atoms with Gasteiger partial charge in [0.25, 0.3) is 0 Å². The largest absolute Gasteiger partial charge is 0.504 e. The number of nitrogen functional groups attached to an aromatic ring is 1. The fourth-order valence-corrected chi connectivity index (χ4v) is 1.13. The molecule has 82 valence electrons. The first-order chi connectivity index (χ1) is 6.91. The van der Waals surface area contributed by atoms with E-state index < -0.39 is 40.2 Å². The van der Waals surface area contributed by atoms with Crippen LogP contribution in [0.4, 0.5) is 5.69 Å². The molecule has 0 radical (unpaired) electrons. The van der Waals surface area contributed by atoms with Crippen LogP contribution in [0.1, 0.15) is 10.4 Å². The van der Waals surface area contributed by atoms with Crippen LogP contribution in [0.2, 0.25) is 0 Å². The highest BCUT2D eigenvalue weighted by Gasteiger charge is 2.26. The maximum atomic E-state index is 10.7. The molecule has 0 fully saturated rings. The SMILES string of the molecule is COc1c(N)c(C(=O)O)c(O)c(O)c1O. The zero-order valence-electron chi connectivity index (χ0n) is 7.68. The Morgan fingerprint density at radius 1 is 1.20 bits per heavy atom. The zero-order chi connectivity index (χ0) is 11.7. The Labute approximate surface area is 84.0 Å². The fourth-order valence-electron chi connectivity index (χ4n) is 1.13. The molecule has 0 atom stereocenters. The fraction of sp³-hybridized carbons (Fsp3) is 0.125. The van der Waals surface area contributed by atoms with Crippen LogP contribution in [-0.4, -0.2) is 33.5 Å². The Morgan fingerprint density at radius 3 is 2.13 bits per heavy atom. The number of carboxylic acids is 1. The standard InChI is InChI=1S/C8H9NO6/c1-15-7-3(9)2(8(13)14)4(10)5(11)6(7)12/h10-12H,9H2,1H3,(H,13,14). The molecule has 6 N–H and O–H groups in total. The molecule has 7 heteroatoms. The average Bonchev–Trinajstić information content (AvgIpc) is 2.15. The van der Waals surface area contributed by atoms with E-state index in [1.165, 1.54) is 0 Å². The molecular formula is C8H9NO6. The van der Waals surface area contributed by atoms with E-state index in [0.717, 1.165) is 7.11 Å². The zero-order valence-corrected chi connectivity index (χ0v) is 7.68. The van der Waals surface area contributed by atoms with Gasteiger partial charge in [-0.3, -0.25) is 0 Å². The lowest BCUT2D eigenvalue weighted by Gasteiger charge is -2.12. The number of carbonyl (C=O) groups is 1. The number of nitrogens with two attached hydrogens (primary N) is 1. The third-order valence-corrected chi connectivity index (χ3v) is 1.83. The third kappa shape index (κ3) is 1.43. The molecule has 1 aromatic carbocycles. The topological polar surface area (TPSA) is 133 Å². The molecule has 0 spiro atoms. The number of phenolic OH excluding ortho intramolecular Hbond substituents is 2. The van der Waals surface area contributed by atoms with Crippen molar-refractivity contribution in [3.63, 3.8) is 0 Å². The van der Waals surface area contributed by atoms with Gasteiger partial charge < -0.3 is 30.9 Å². The summed E-state index contributed by atoms with van der Waals surface area (Å²) in [6, 6.07) is 0. The highest BCUT2D eigenvalue weighted by Crippen LogP contribution is 2.49. The molecule has 0 heterocycles. The summed E-state index contributed by atoms with van der Waals surface area (Å²) < 4.78 is 4.59. The normalized spacial score (nSPS) is 9.93. The van der Waals surface area contributed by atoms with Gasteiger partial charge in [-0.05, 0) is 0 Å². The molecular weight excluding hydrogens is 206 g/mol. The van der Waals surface area contributed by atoms with Gasteiger partial charge in [-0.25, -0.2) is 4.79 Å². The lowest BCUT2D eigenvalue weighted by atomic mass is 10.1. The molecule has 0 unspecified atom stereocenters. The molecule has 0 bridgehead atoms. The summed E-state index contributed by atoms with van der Waals surface area (Å²) >= 11 is 0. The maximum Gasteiger partial charge on any atom is 0.341 e. The highest BCUT2D eigenvalue weighted by molar-refractivity contribution is 6.00.